The number of aromatic nitrogens is 2. The van der Waals surface area contributed by atoms with Gasteiger partial charge in [0.25, 0.3) is 5.91 Å². The number of piperidine rings is 1. The largest absolute Gasteiger partial charge is 0.337 e. The van der Waals surface area contributed by atoms with Gasteiger partial charge in [-0.2, -0.15) is 0 Å². The van der Waals surface area contributed by atoms with Gasteiger partial charge in [-0.05, 0) is 38.1 Å². The molecule has 1 saturated heterocycles. The fourth-order valence-electron chi connectivity index (χ4n) is 2.90. The van der Waals surface area contributed by atoms with Crippen molar-refractivity contribution in [3.8, 4) is 0 Å². The number of halogens is 1. The van der Waals surface area contributed by atoms with E-state index in [-0.39, 0.29) is 11.8 Å². The summed E-state index contributed by atoms with van der Waals surface area (Å²) in [5, 5.41) is 3.97. The van der Waals surface area contributed by atoms with Gasteiger partial charge in [0.15, 0.2) is 5.69 Å². The molecule has 0 radical (unpaired) electrons. The Morgan fingerprint density at radius 3 is 2.65 bits per heavy atom. The quantitative estimate of drug-likeness (QED) is 0.898. The van der Waals surface area contributed by atoms with E-state index in [0.29, 0.717) is 22.6 Å². The van der Waals surface area contributed by atoms with Crippen molar-refractivity contribution in [2.45, 2.75) is 51.5 Å². The number of rotatable bonds is 5. The summed E-state index contributed by atoms with van der Waals surface area (Å²) in [5.41, 5.74) is 0.342. The molecule has 6 heteroatoms. The predicted molar refractivity (Wildman–Crippen MR) is 90.8 cm³/mol. The van der Waals surface area contributed by atoms with Crippen molar-refractivity contribution in [3.63, 3.8) is 0 Å². The third-order valence-corrected chi connectivity index (χ3v) is 4.93. The van der Waals surface area contributed by atoms with E-state index in [1.54, 1.807) is 6.20 Å². The maximum Gasteiger partial charge on any atom is 0.274 e. The molecule has 1 aliphatic heterocycles. The lowest BCUT2D eigenvalue weighted by atomic mass is 10.0. The summed E-state index contributed by atoms with van der Waals surface area (Å²) >= 11 is 6.15. The van der Waals surface area contributed by atoms with Crippen LogP contribution in [0.2, 0.25) is 5.02 Å². The third kappa shape index (κ3) is 4.21. The molecule has 1 N–H and O–H groups in total. The van der Waals surface area contributed by atoms with Crippen molar-refractivity contribution in [1.82, 2.24) is 20.2 Å². The SMILES string of the molecule is CC(C)c1ncc(Cl)c(C(=O)N2CCC(NCC3CC3)CC2)n1. The third-order valence-electron chi connectivity index (χ3n) is 4.66. The number of likely N-dealkylation sites (tertiary alicyclic amines) is 1. The number of hydrogen-bond acceptors (Lipinski definition) is 4. The predicted octanol–water partition coefficient (Wildman–Crippen LogP) is 2.86. The molecule has 126 valence electrons. The van der Waals surface area contributed by atoms with Crippen molar-refractivity contribution in [2.75, 3.05) is 19.6 Å². The summed E-state index contributed by atoms with van der Waals surface area (Å²) in [4.78, 5) is 23.2. The molecule has 2 fully saturated rings. The highest BCUT2D eigenvalue weighted by molar-refractivity contribution is 6.33. The zero-order chi connectivity index (χ0) is 16.4. The molecule has 0 bridgehead atoms. The average molecular weight is 337 g/mol. The normalized spacial score (nSPS) is 19.4. The van der Waals surface area contributed by atoms with Crippen LogP contribution in [0.5, 0.6) is 0 Å². The summed E-state index contributed by atoms with van der Waals surface area (Å²) in [6.07, 6.45) is 6.28. The van der Waals surface area contributed by atoms with Gasteiger partial charge in [-0.25, -0.2) is 9.97 Å². The zero-order valence-electron chi connectivity index (χ0n) is 13.9. The Balaban J connectivity index is 1.59. The van der Waals surface area contributed by atoms with Crippen LogP contribution in [0.25, 0.3) is 0 Å². The molecule has 2 aliphatic rings. The lowest BCUT2D eigenvalue weighted by Crippen LogP contribution is -2.45. The first-order valence-electron chi connectivity index (χ1n) is 8.59. The van der Waals surface area contributed by atoms with Gasteiger partial charge in [0.1, 0.15) is 5.82 Å². The summed E-state index contributed by atoms with van der Waals surface area (Å²) in [7, 11) is 0. The molecule has 5 nitrogen and oxygen atoms in total. The van der Waals surface area contributed by atoms with E-state index >= 15 is 0 Å². The fourth-order valence-corrected chi connectivity index (χ4v) is 3.07. The minimum Gasteiger partial charge on any atom is -0.337 e. The van der Waals surface area contributed by atoms with Gasteiger partial charge in [-0.3, -0.25) is 4.79 Å². The topological polar surface area (TPSA) is 58.1 Å². The van der Waals surface area contributed by atoms with E-state index in [1.165, 1.54) is 12.8 Å². The zero-order valence-corrected chi connectivity index (χ0v) is 14.6. The lowest BCUT2D eigenvalue weighted by molar-refractivity contribution is 0.0698. The van der Waals surface area contributed by atoms with Crippen LogP contribution in [0.3, 0.4) is 0 Å². The molecule has 0 atom stereocenters. The van der Waals surface area contributed by atoms with E-state index in [1.807, 2.05) is 18.7 Å². The number of hydrogen-bond donors (Lipinski definition) is 1. The minimum atomic E-state index is -0.0695. The maximum atomic E-state index is 12.7. The summed E-state index contributed by atoms with van der Waals surface area (Å²) in [5.74, 6) is 1.67. The molecule has 2 heterocycles. The van der Waals surface area contributed by atoms with Crippen molar-refractivity contribution < 1.29 is 4.79 Å². The molecule has 0 spiro atoms. The number of nitrogens with zero attached hydrogens (tertiary/aromatic N) is 3. The fraction of sp³-hybridized carbons (Fsp3) is 0.706. The van der Waals surface area contributed by atoms with Crippen molar-refractivity contribution in [2.24, 2.45) is 5.92 Å². The van der Waals surface area contributed by atoms with Crippen LogP contribution in [0.15, 0.2) is 6.20 Å². The molecule has 0 unspecified atom stereocenters. The van der Waals surface area contributed by atoms with E-state index < -0.39 is 0 Å². The van der Waals surface area contributed by atoms with Crippen LogP contribution < -0.4 is 5.32 Å². The first-order valence-corrected chi connectivity index (χ1v) is 8.97. The molecule has 1 aliphatic carbocycles. The molecule has 1 aromatic heterocycles. The van der Waals surface area contributed by atoms with Crippen LogP contribution in [-0.4, -0.2) is 46.5 Å². The molecule has 0 aromatic carbocycles. The molecule has 1 aromatic rings. The summed E-state index contributed by atoms with van der Waals surface area (Å²) < 4.78 is 0. The van der Waals surface area contributed by atoms with Gasteiger partial charge in [0.05, 0.1) is 11.2 Å². The van der Waals surface area contributed by atoms with Gasteiger partial charge in [0.2, 0.25) is 0 Å². The molecular weight excluding hydrogens is 312 g/mol. The number of carbonyl (C=O) groups excluding carboxylic acids is 1. The smallest absolute Gasteiger partial charge is 0.274 e. The van der Waals surface area contributed by atoms with Crippen LogP contribution >= 0.6 is 11.6 Å². The van der Waals surface area contributed by atoms with Crippen LogP contribution in [-0.2, 0) is 0 Å². The molecule has 23 heavy (non-hydrogen) atoms. The second kappa shape index (κ2) is 7.14. The molecule has 1 amide bonds. The van der Waals surface area contributed by atoms with Crippen molar-refractivity contribution in [1.29, 1.82) is 0 Å². The van der Waals surface area contributed by atoms with Gasteiger partial charge < -0.3 is 10.2 Å². The molecular formula is C17H25ClN4O. The van der Waals surface area contributed by atoms with Crippen molar-refractivity contribution in [3.05, 3.63) is 22.7 Å². The average Bonchev–Trinajstić information content (AvgIpc) is 3.37. The van der Waals surface area contributed by atoms with E-state index in [2.05, 4.69) is 15.3 Å². The van der Waals surface area contributed by atoms with Gasteiger partial charge in [-0.15, -0.1) is 0 Å². The molecule has 3 rings (SSSR count). The molecule has 1 saturated carbocycles. The Labute approximate surface area is 142 Å². The highest BCUT2D eigenvalue weighted by Gasteiger charge is 2.28. The highest BCUT2D eigenvalue weighted by Crippen LogP contribution is 2.28. The standard InChI is InChI=1S/C17H25ClN4O/c1-11(2)16-20-10-14(18)15(21-16)17(23)22-7-5-13(6-8-22)19-9-12-3-4-12/h10-13,19H,3-9H2,1-2H3. The Hall–Kier alpha value is -1.20. The number of amides is 1. The first-order chi connectivity index (χ1) is 11.0. The van der Waals surface area contributed by atoms with Gasteiger partial charge >= 0.3 is 0 Å². The summed E-state index contributed by atoms with van der Waals surface area (Å²) in [6, 6.07) is 0.534. The Bertz CT molecular complexity index is 566. The van der Waals surface area contributed by atoms with Gasteiger partial charge in [0, 0.05) is 25.0 Å². The second-order valence-electron chi connectivity index (χ2n) is 7.00. The van der Waals surface area contributed by atoms with Crippen LogP contribution in [0.1, 0.15) is 61.8 Å². The second-order valence-corrected chi connectivity index (χ2v) is 7.40. The first kappa shape index (κ1) is 16.7. The number of carbonyl (C=O) groups is 1. The van der Waals surface area contributed by atoms with E-state index in [4.69, 9.17) is 11.6 Å². The van der Waals surface area contributed by atoms with E-state index in [0.717, 1.165) is 38.4 Å². The lowest BCUT2D eigenvalue weighted by Gasteiger charge is -2.32. The Morgan fingerprint density at radius 1 is 1.35 bits per heavy atom. The maximum absolute atomic E-state index is 12.7. The van der Waals surface area contributed by atoms with Gasteiger partial charge in [-0.1, -0.05) is 25.4 Å². The van der Waals surface area contributed by atoms with E-state index in [9.17, 15) is 4.79 Å². The number of nitrogens with one attached hydrogen (secondary N) is 1. The Morgan fingerprint density at radius 2 is 2.04 bits per heavy atom. The van der Waals surface area contributed by atoms with Crippen molar-refractivity contribution >= 4 is 17.5 Å². The van der Waals surface area contributed by atoms with Crippen LogP contribution in [0.4, 0.5) is 0 Å². The van der Waals surface area contributed by atoms with Crippen LogP contribution in [0, 0.1) is 5.92 Å². The monoisotopic (exact) mass is 336 g/mol. The Kier molecular flexibility index (Phi) is 5.17. The minimum absolute atomic E-state index is 0.0695. The highest BCUT2D eigenvalue weighted by atomic mass is 35.5. The summed E-state index contributed by atoms with van der Waals surface area (Å²) in [6.45, 7) is 6.67.